The molecule has 0 aliphatic carbocycles. The summed E-state index contributed by atoms with van der Waals surface area (Å²) in [5.74, 6) is 2.13. The first-order valence-corrected chi connectivity index (χ1v) is 8.52. The van der Waals surface area contributed by atoms with Crippen LogP contribution in [0.1, 0.15) is 35.0 Å². The summed E-state index contributed by atoms with van der Waals surface area (Å²) in [4.78, 5) is 12.7. The second-order valence-electron chi connectivity index (χ2n) is 5.23. The van der Waals surface area contributed by atoms with Gasteiger partial charge in [-0.15, -0.1) is 11.3 Å². The Kier molecular flexibility index (Phi) is 5.02. The quantitative estimate of drug-likeness (QED) is 0.787. The number of unbranched alkanes of at least 4 members (excludes halogenated alkanes) is 1. The van der Waals surface area contributed by atoms with E-state index in [4.69, 9.17) is 14.2 Å². The zero-order valence-corrected chi connectivity index (χ0v) is 13.8. The lowest BCUT2D eigenvalue weighted by molar-refractivity contribution is 0.0957. The average Bonchev–Trinajstić information content (AvgIpc) is 3.21. The third-order valence-electron chi connectivity index (χ3n) is 3.44. The van der Waals surface area contributed by atoms with Gasteiger partial charge < -0.3 is 19.5 Å². The average molecular weight is 333 g/mol. The van der Waals surface area contributed by atoms with Gasteiger partial charge in [-0.1, -0.05) is 13.3 Å². The van der Waals surface area contributed by atoms with Crippen LogP contribution in [-0.2, 0) is 6.61 Å². The first kappa shape index (κ1) is 15.7. The zero-order chi connectivity index (χ0) is 16.1. The van der Waals surface area contributed by atoms with Gasteiger partial charge in [-0.2, -0.15) is 0 Å². The summed E-state index contributed by atoms with van der Waals surface area (Å²) in [6, 6.07) is 7.36. The molecular formula is C17H19NO4S. The number of benzene rings is 1. The minimum atomic E-state index is -0.0159. The molecule has 0 spiro atoms. The van der Waals surface area contributed by atoms with Crippen LogP contribution in [0.25, 0.3) is 0 Å². The van der Waals surface area contributed by atoms with E-state index in [2.05, 4.69) is 12.2 Å². The Bertz CT molecular complexity index is 683. The molecule has 6 heteroatoms. The molecule has 5 nitrogen and oxygen atoms in total. The molecule has 1 aromatic heterocycles. The van der Waals surface area contributed by atoms with Gasteiger partial charge in [0, 0.05) is 18.2 Å². The maximum absolute atomic E-state index is 12.0. The number of carbonyl (C=O) groups excluding carboxylic acids is 1. The van der Waals surface area contributed by atoms with Crippen molar-refractivity contribution >= 4 is 17.2 Å². The molecule has 1 aromatic carbocycles. The third kappa shape index (κ3) is 3.96. The van der Waals surface area contributed by atoms with Crippen molar-refractivity contribution in [2.24, 2.45) is 0 Å². The van der Waals surface area contributed by atoms with E-state index in [1.807, 2.05) is 29.6 Å². The van der Waals surface area contributed by atoms with Crippen LogP contribution >= 0.6 is 11.3 Å². The number of amides is 1. The van der Waals surface area contributed by atoms with Gasteiger partial charge in [-0.3, -0.25) is 4.79 Å². The topological polar surface area (TPSA) is 56.8 Å². The standard InChI is InChI=1S/C17H19NO4S/c1-2-3-6-18-17(19)16-7-12(10-23-16)9-20-13-4-5-14-15(8-13)22-11-21-14/h4-5,7-8,10H,2-3,6,9,11H2,1H3,(H,18,19). The number of thiophene rings is 1. The Labute approximate surface area is 139 Å². The summed E-state index contributed by atoms with van der Waals surface area (Å²) in [6.07, 6.45) is 2.07. The Morgan fingerprint density at radius 2 is 2.17 bits per heavy atom. The monoisotopic (exact) mass is 333 g/mol. The summed E-state index contributed by atoms with van der Waals surface area (Å²) in [6.45, 7) is 3.48. The number of rotatable bonds is 7. The highest BCUT2D eigenvalue weighted by molar-refractivity contribution is 7.12. The molecule has 2 heterocycles. The molecule has 0 bridgehead atoms. The van der Waals surface area contributed by atoms with Crippen molar-refractivity contribution in [1.29, 1.82) is 0 Å². The van der Waals surface area contributed by atoms with Gasteiger partial charge in [-0.25, -0.2) is 0 Å². The van der Waals surface area contributed by atoms with Gasteiger partial charge in [0.25, 0.3) is 5.91 Å². The van der Waals surface area contributed by atoms with Crippen LogP contribution in [0.2, 0.25) is 0 Å². The Morgan fingerprint density at radius 3 is 3.04 bits per heavy atom. The molecule has 0 saturated heterocycles. The van der Waals surface area contributed by atoms with E-state index < -0.39 is 0 Å². The van der Waals surface area contributed by atoms with Crippen LogP contribution in [0.4, 0.5) is 0 Å². The fraction of sp³-hybridized carbons (Fsp3) is 0.353. The Hall–Kier alpha value is -2.21. The van der Waals surface area contributed by atoms with Crippen LogP contribution in [0.3, 0.4) is 0 Å². The van der Waals surface area contributed by atoms with Crippen LogP contribution in [-0.4, -0.2) is 19.2 Å². The number of fused-ring (bicyclic) bond motifs is 1. The fourth-order valence-electron chi connectivity index (χ4n) is 2.17. The smallest absolute Gasteiger partial charge is 0.261 e. The number of hydrogen-bond acceptors (Lipinski definition) is 5. The highest BCUT2D eigenvalue weighted by atomic mass is 32.1. The first-order chi connectivity index (χ1) is 11.3. The predicted molar refractivity (Wildman–Crippen MR) is 88.5 cm³/mol. The second-order valence-corrected chi connectivity index (χ2v) is 6.14. The zero-order valence-electron chi connectivity index (χ0n) is 13.0. The number of carbonyl (C=O) groups is 1. The SMILES string of the molecule is CCCCNC(=O)c1cc(COc2ccc3c(c2)OCO3)cs1. The van der Waals surface area contributed by atoms with Crippen LogP contribution in [0, 0.1) is 0 Å². The molecule has 3 rings (SSSR count). The van der Waals surface area contributed by atoms with E-state index in [9.17, 15) is 4.79 Å². The van der Waals surface area contributed by atoms with E-state index in [0.717, 1.165) is 36.4 Å². The highest BCUT2D eigenvalue weighted by Gasteiger charge is 2.14. The Balaban J connectivity index is 1.54. The van der Waals surface area contributed by atoms with Gasteiger partial charge in [0.1, 0.15) is 12.4 Å². The van der Waals surface area contributed by atoms with Crippen molar-refractivity contribution in [2.75, 3.05) is 13.3 Å². The van der Waals surface area contributed by atoms with E-state index in [0.29, 0.717) is 17.2 Å². The summed E-state index contributed by atoms with van der Waals surface area (Å²) in [5.41, 5.74) is 0.980. The molecule has 0 fully saturated rings. The van der Waals surface area contributed by atoms with Crippen LogP contribution in [0.5, 0.6) is 17.2 Å². The maximum atomic E-state index is 12.0. The van der Waals surface area contributed by atoms with Gasteiger partial charge in [0.05, 0.1) is 4.88 Å². The summed E-state index contributed by atoms with van der Waals surface area (Å²) >= 11 is 1.43. The lowest BCUT2D eigenvalue weighted by Gasteiger charge is -2.05. The second kappa shape index (κ2) is 7.37. The molecule has 1 aliphatic heterocycles. The van der Waals surface area contributed by atoms with E-state index in [-0.39, 0.29) is 12.7 Å². The van der Waals surface area contributed by atoms with Crippen molar-refractivity contribution in [3.05, 3.63) is 40.1 Å². The van der Waals surface area contributed by atoms with Gasteiger partial charge in [0.15, 0.2) is 11.5 Å². The summed E-state index contributed by atoms with van der Waals surface area (Å²) < 4.78 is 16.3. The number of nitrogens with one attached hydrogen (secondary N) is 1. The third-order valence-corrected chi connectivity index (χ3v) is 4.42. The highest BCUT2D eigenvalue weighted by Crippen LogP contribution is 2.35. The van der Waals surface area contributed by atoms with Crippen molar-refractivity contribution < 1.29 is 19.0 Å². The minimum absolute atomic E-state index is 0.0159. The lowest BCUT2D eigenvalue weighted by atomic mass is 10.3. The molecule has 1 amide bonds. The molecule has 23 heavy (non-hydrogen) atoms. The van der Waals surface area contributed by atoms with E-state index in [1.165, 1.54) is 11.3 Å². The van der Waals surface area contributed by atoms with Gasteiger partial charge >= 0.3 is 0 Å². The first-order valence-electron chi connectivity index (χ1n) is 7.64. The van der Waals surface area contributed by atoms with E-state index >= 15 is 0 Å². The fourth-order valence-corrected chi connectivity index (χ4v) is 2.98. The lowest BCUT2D eigenvalue weighted by Crippen LogP contribution is -2.23. The molecule has 0 radical (unpaired) electrons. The van der Waals surface area contributed by atoms with Crippen molar-refractivity contribution in [3.63, 3.8) is 0 Å². The van der Waals surface area contributed by atoms with Gasteiger partial charge in [0.2, 0.25) is 6.79 Å². The van der Waals surface area contributed by atoms with Crippen molar-refractivity contribution in [1.82, 2.24) is 5.32 Å². The van der Waals surface area contributed by atoms with E-state index in [1.54, 1.807) is 0 Å². The van der Waals surface area contributed by atoms with Crippen LogP contribution < -0.4 is 19.5 Å². The molecule has 0 atom stereocenters. The Morgan fingerprint density at radius 1 is 1.30 bits per heavy atom. The van der Waals surface area contributed by atoms with Crippen LogP contribution in [0.15, 0.2) is 29.6 Å². The minimum Gasteiger partial charge on any atom is -0.489 e. The molecule has 0 unspecified atom stereocenters. The van der Waals surface area contributed by atoms with Gasteiger partial charge in [-0.05, 0) is 30.0 Å². The summed E-state index contributed by atoms with van der Waals surface area (Å²) in [7, 11) is 0. The molecule has 0 saturated carbocycles. The number of ether oxygens (including phenoxy) is 3. The molecule has 1 aliphatic rings. The molecule has 122 valence electrons. The maximum Gasteiger partial charge on any atom is 0.261 e. The summed E-state index contributed by atoms with van der Waals surface area (Å²) in [5, 5.41) is 4.86. The number of hydrogen-bond donors (Lipinski definition) is 1. The van der Waals surface area contributed by atoms with Crippen molar-refractivity contribution in [3.8, 4) is 17.2 Å². The normalized spacial score (nSPS) is 12.2. The van der Waals surface area contributed by atoms with Crippen molar-refractivity contribution in [2.45, 2.75) is 26.4 Å². The largest absolute Gasteiger partial charge is 0.489 e. The molecular weight excluding hydrogens is 314 g/mol. The predicted octanol–water partition coefficient (Wildman–Crippen LogP) is 3.59. The molecule has 1 N–H and O–H groups in total. The molecule has 2 aromatic rings.